The van der Waals surface area contributed by atoms with Crippen molar-refractivity contribution in [1.29, 1.82) is 0 Å². The van der Waals surface area contributed by atoms with Gasteiger partial charge in [0.05, 0.1) is 37.3 Å². The van der Waals surface area contributed by atoms with Crippen LogP contribution in [0.25, 0.3) is 0 Å². The Morgan fingerprint density at radius 3 is 1.83 bits per heavy atom. The number of likely N-dealkylation sites (tertiary alicyclic amines) is 1. The van der Waals surface area contributed by atoms with Crippen molar-refractivity contribution < 1.29 is 82.3 Å². The number of nitrogens with one attached hydrogen (secondary N) is 4. The van der Waals surface area contributed by atoms with Crippen LogP contribution < -0.4 is 21.3 Å². The molecule has 3 heterocycles. The fraction of sp³-hybridized carbons (Fsp3) is 0.854. The monoisotopic (exact) mass is 1010 g/mol. The Morgan fingerprint density at radius 1 is 0.775 bits per heavy atom. The quantitative estimate of drug-likeness (QED) is 0.116. The zero-order valence-corrected chi connectivity index (χ0v) is 43.9. The fourth-order valence-electron chi connectivity index (χ4n) is 8.63. The third-order valence-electron chi connectivity index (χ3n) is 12.1. The van der Waals surface area contributed by atoms with Crippen molar-refractivity contribution in [2.45, 2.75) is 211 Å². The standard InChI is InChI=1S/C48H82N6O17/c1-44(2,3)68-40(59)51-28-18-17-27(21-49-20-25-15-16-25)65-38(28)66-35-30(52-41(60)69-45(4,5)6)19-29(50-37(58)31(55)26-22-54(23-26)43(62)71-47(10,11)12)34(32(35)56)67-39-33(57)36(48(13,63)24-64-39)53(14)42(61)70-46(7,8)9/h17,25-26,28-36,38-39,49,55-57,63H,15-16,18-24H2,1-14H3,(H,50,58)(H,51,59)(H,52,60)/t28-,29-,30+,31?,32-,33-,34+,35-,36-,38-,39-,48+/m1/s1. The van der Waals surface area contributed by atoms with E-state index in [4.69, 9.17) is 37.9 Å². The molecule has 0 aromatic rings. The molecule has 2 aliphatic carbocycles. The third-order valence-corrected chi connectivity index (χ3v) is 12.1. The van der Waals surface area contributed by atoms with E-state index in [0.717, 1.165) is 24.3 Å². The number of carbonyl (C=O) groups is 5. The number of aliphatic hydroxyl groups is 4. The largest absolute Gasteiger partial charge is 0.466 e. The second kappa shape index (κ2) is 22.5. The summed E-state index contributed by atoms with van der Waals surface area (Å²) in [4.78, 5) is 69.3. The van der Waals surface area contributed by atoms with Gasteiger partial charge in [0.25, 0.3) is 0 Å². The van der Waals surface area contributed by atoms with Crippen LogP contribution in [0.2, 0.25) is 0 Å². The molecule has 4 fully saturated rings. The number of ether oxygens (including phenoxy) is 8. The van der Waals surface area contributed by atoms with E-state index in [1.165, 1.54) is 18.9 Å². The summed E-state index contributed by atoms with van der Waals surface area (Å²) >= 11 is 0. The summed E-state index contributed by atoms with van der Waals surface area (Å²) in [6.07, 6.45) is -10.7. The van der Waals surface area contributed by atoms with Gasteiger partial charge in [-0.05, 0) is 134 Å². The molecule has 0 radical (unpaired) electrons. The molecule has 2 saturated heterocycles. The van der Waals surface area contributed by atoms with Gasteiger partial charge < -0.3 is 89.4 Å². The van der Waals surface area contributed by atoms with Crippen molar-refractivity contribution in [3.63, 3.8) is 0 Å². The number of carbonyl (C=O) groups excluding carboxylic acids is 5. The van der Waals surface area contributed by atoms with Gasteiger partial charge in [-0.25, -0.2) is 19.2 Å². The smallest absolute Gasteiger partial charge is 0.410 e. The average molecular weight is 1020 g/mol. The van der Waals surface area contributed by atoms with E-state index in [2.05, 4.69) is 21.3 Å². The van der Waals surface area contributed by atoms with Gasteiger partial charge in [0, 0.05) is 26.1 Å². The van der Waals surface area contributed by atoms with Crippen LogP contribution in [0, 0.1) is 11.8 Å². The highest BCUT2D eigenvalue weighted by molar-refractivity contribution is 5.82. The molecule has 23 heteroatoms. The number of amides is 5. The number of aliphatic hydroxyl groups excluding tert-OH is 3. The maximum absolute atomic E-state index is 14.1. The summed E-state index contributed by atoms with van der Waals surface area (Å²) in [6, 6.07) is -4.83. The molecule has 8 N–H and O–H groups in total. The molecule has 0 aromatic heterocycles. The second-order valence-electron chi connectivity index (χ2n) is 23.7. The van der Waals surface area contributed by atoms with Crippen LogP contribution >= 0.6 is 0 Å². The highest BCUT2D eigenvalue weighted by Gasteiger charge is 2.55. The molecule has 3 aliphatic heterocycles. The SMILES string of the molecule is CN(C(=O)OC(C)(C)C)[C@@H]1[C@@H](O)[C@@H](O[C@@H]2[C@@H](O)[C@H](O[C@H]3OC(CNCC4CC4)=CC[C@H]3NC(=O)OC(C)(C)C)[C@@H](NC(=O)OC(C)(C)C)C[C@H]2NC(=O)C(O)C2CN(C(=O)OC(C)(C)C)C2)OC[C@]1(C)O. The van der Waals surface area contributed by atoms with Gasteiger partial charge in [-0.2, -0.15) is 0 Å². The summed E-state index contributed by atoms with van der Waals surface area (Å²) in [6.45, 7) is 22.1. The van der Waals surface area contributed by atoms with Crippen molar-refractivity contribution >= 4 is 30.3 Å². The molecule has 5 rings (SSSR count). The van der Waals surface area contributed by atoms with Crippen molar-refractivity contribution in [3.8, 4) is 0 Å². The third kappa shape index (κ3) is 16.9. The number of rotatable bonds is 14. The highest BCUT2D eigenvalue weighted by atomic mass is 16.7. The molecular formula is C48H82N6O17. The van der Waals surface area contributed by atoms with Gasteiger partial charge in [0.15, 0.2) is 6.29 Å². The highest BCUT2D eigenvalue weighted by Crippen LogP contribution is 2.36. The maximum Gasteiger partial charge on any atom is 0.410 e. The first-order valence-electron chi connectivity index (χ1n) is 24.6. The van der Waals surface area contributed by atoms with Gasteiger partial charge in [-0.3, -0.25) is 4.79 Å². The Bertz CT molecular complexity index is 1900. The Kier molecular flexibility index (Phi) is 18.3. The van der Waals surface area contributed by atoms with Crippen LogP contribution in [0.3, 0.4) is 0 Å². The van der Waals surface area contributed by atoms with E-state index in [0.29, 0.717) is 18.2 Å². The minimum atomic E-state index is -1.86. The van der Waals surface area contributed by atoms with E-state index in [1.807, 2.05) is 0 Å². The average Bonchev–Trinajstić information content (AvgIpc) is 4.00. The number of nitrogens with zero attached hydrogens (tertiary/aromatic N) is 2. The van der Waals surface area contributed by atoms with Crippen molar-refractivity contribution in [1.82, 2.24) is 31.1 Å². The van der Waals surface area contributed by atoms with Crippen LogP contribution in [0.5, 0.6) is 0 Å². The molecule has 5 amide bonds. The van der Waals surface area contributed by atoms with Crippen molar-refractivity contribution in [2.75, 3.05) is 39.8 Å². The Balaban J connectivity index is 1.49. The summed E-state index contributed by atoms with van der Waals surface area (Å²) in [5, 5.41) is 59.2. The normalized spacial score (nSPS) is 31.1. The van der Waals surface area contributed by atoms with Gasteiger partial charge in [-0.15, -0.1) is 0 Å². The first-order chi connectivity index (χ1) is 32.6. The summed E-state index contributed by atoms with van der Waals surface area (Å²) in [7, 11) is 1.33. The molecule has 0 aromatic carbocycles. The van der Waals surface area contributed by atoms with Crippen LogP contribution in [0.1, 0.15) is 116 Å². The molecular weight excluding hydrogens is 933 g/mol. The summed E-state index contributed by atoms with van der Waals surface area (Å²) < 4.78 is 47.6. The molecule has 12 atom stereocenters. The van der Waals surface area contributed by atoms with Gasteiger partial charge in [0.2, 0.25) is 12.2 Å². The minimum Gasteiger partial charge on any atom is -0.466 e. The first kappa shape index (κ1) is 57.7. The predicted octanol–water partition coefficient (Wildman–Crippen LogP) is 2.35. The lowest BCUT2D eigenvalue weighted by Gasteiger charge is -2.50. The van der Waals surface area contributed by atoms with Crippen LogP contribution in [-0.2, 0) is 42.7 Å². The van der Waals surface area contributed by atoms with Crippen molar-refractivity contribution in [2.24, 2.45) is 11.8 Å². The van der Waals surface area contributed by atoms with E-state index in [9.17, 15) is 44.4 Å². The zero-order valence-electron chi connectivity index (χ0n) is 43.9. The molecule has 0 bridgehead atoms. The fourth-order valence-corrected chi connectivity index (χ4v) is 8.63. The topological polar surface area (TPSA) is 295 Å². The van der Waals surface area contributed by atoms with Crippen LogP contribution in [-0.4, -0.2) is 196 Å². The minimum absolute atomic E-state index is 0.00350. The molecule has 23 nitrogen and oxygen atoms in total. The summed E-state index contributed by atoms with van der Waals surface area (Å²) in [5.41, 5.74) is -5.41. The Hall–Kier alpha value is -4.23. The lowest BCUT2D eigenvalue weighted by molar-refractivity contribution is -0.311. The number of hydrogen-bond acceptors (Lipinski definition) is 18. The van der Waals surface area contributed by atoms with E-state index in [-0.39, 0.29) is 25.9 Å². The molecule has 0 spiro atoms. The Morgan fingerprint density at radius 2 is 1.30 bits per heavy atom. The maximum atomic E-state index is 14.1. The van der Waals surface area contributed by atoms with E-state index >= 15 is 0 Å². The lowest BCUT2D eigenvalue weighted by atomic mass is 9.82. The first-order valence-corrected chi connectivity index (χ1v) is 24.6. The predicted molar refractivity (Wildman–Crippen MR) is 253 cm³/mol. The number of hydrogen-bond donors (Lipinski definition) is 8. The zero-order chi connectivity index (χ0) is 53.2. The van der Waals surface area contributed by atoms with Crippen LogP contribution in [0.4, 0.5) is 19.2 Å². The summed E-state index contributed by atoms with van der Waals surface area (Å²) in [5.74, 6) is -0.584. The molecule has 1 unspecified atom stereocenters. The molecule has 5 aliphatic rings. The van der Waals surface area contributed by atoms with Crippen molar-refractivity contribution in [3.05, 3.63) is 11.8 Å². The molecule has 71 heavy (non-hydrogen) atoms. The molecule has 406 valence electrons. The van der Waals surface area contributed by atoms with Gasteiger partial charge >= 0.3 is 24.4 Å². The number of likely N-dealkylation sites (N-methyl/N-ethyl adjacent to an activating group) is 1. The van der Waals surface area contributed by atoms with E-state index < -0.39 is 138 Å². The lowest BCUT2D eigenvalue weighted by Crippen LogP contribution is -2.71. The number of alkyl carbamates (subject to hydrolysis) is 2. The second-order valence-corrected chi connectivity index (χ2v) is 23.7. The van der Waals surface area contributed by atoms with Crippen LogP contribution in [0.15, 0.2) is 11.8 Å². The van der Waals surface area contributed by atoms with Gasteiger partial charge in [0.1, 0.15) is 64.3 Å². The van der Waals surface area contributed by atoms with Gasteiger partial charge in [-0.1, -0.05) is 0 Å². The Labute approximate surface area is 417 Å². The molecule has 2 saturated carbocycles. The van der Waals surface area contributed by atoms with E-state index in [1.54, 1.807) is 89.2 Å².